The van der Waals surface area contributed by atoms with E-state index in [0.29, 0.717) is 50.9 Å². The summed E-state index contributed by atoms with van der Waals surface area (Å²) in [6.45, 7) is 0. The minimum absolute atomic E-state index is 0. The van der Waals surface area contributed by atoms with Gasteiger partial charge in [-0.2, -0.15) is 0 Å². The van der Waals surface area contributed by atoms with Crippen molar-refractivity contribution in [2.75, 3.05) is 0 Å². The van der Waals surface area contributed by atoms with Crippen molar-refractivity contribution < 1.29 is 17.1 Å². The number of rotatable bonds is 0. The quantitative estimate of drug-likeness (QED) is 0.155. The SMILES string of the molecule is Clc1ccc2c3nc4nc(nc5[nH]c(nc6nc(nc([nH]3)c2c1Br)-c1ccccc1-6)c1ccccc51)-c1ccccc1-4.[Cu]. The predicted octanol–water partition coefficient (Wildman–Crippen LogP) is 8.28. The summed E-state index contributed by atoms with van der Waals surface area (Å²) < 4.78 is 0.720. The number of halogens is 2. The molecule has 0 unspecified atom stereocenters. The standard InChI is InChI=1S/C32H16BrClN8.Cu/c33-24-22(34)14-13-21-23(24)32-41-30-20-12-6-5-11-19(20)28(39-30)37-26-16-8-2-1-7-15(16)25(35-26)36-27-17-9-3-4-10-18(17)29(38-27)40-31(21)42-32;/h1-14H,(H2,35,36,37,38,39,40,41,42);. The first-order valence-corrected chi connectivity index (χ1v) is 14.4. The molecule has 7 aromatic rings. The molecule has 0 aliphatic carbocycles. The number of aromatic amines is 2. The second-order valence-electron chi connectivity index (χ2n) is 10.0. The van der Waals surface area contributed by atoms with Gasteiger partial charge in [-0.3, -0.25) is 0 Å². The molecule has 5 heterocycles. The molecule has 2 aliphatic rings. The van der Waals surface area contributed by atoms with E-state index in [1.807, 2.05) is 84.9 Å². The Bertz CT molecular complexity index is 2470. The Labute approximate surface area is 267 Å². The van der Waals surface area contributed by atoms with Crippen molar-refractivity contribution >= 4 is 71.7 Å². The number of fused-ring (bicyclic) bond motifs is 20. The topological polar surface area (TPSA) is 109 Å². The van der Waals surface area contributed by atoms with Gasteiger partial charge >= 0.3 is 0 Å². The van der Waals surface area contributed by atoms with E-state index in [2.05, 4.69) is 25.9 Å². The third-order valence-corrected chi connectivity index (χ3v) is 8.98. The molecule has 0 fully saturated rings. The summed E-state index contributed by atoms with van der Waals surface area (Å²) in [6.07, 6.45) is 0. The molecule has 43 heavy (non-hydrogen) atoms. The molecule has 11 heteroatoms. The minimum Gasteiger partial charge on any atom is -0.324 e. The zero-order valence-corrected chi connectivity index (χ0v) is 25.1. The van der Waals surface area contributed by atoms with Crippen LogP contribution in [0.5, 0.6) is 0 Å². The predicted molar refractivity (Wildman–Crippen MR) is 169 cm³/mol. The number of H-pyrrole nitrogens is 2. The molecule has 9 rings (SSSR count). The van der Waals surface area contributed by atoms with Gasteiger partial charge in [0, 0.05) is 65.3 Å². The summed E-state index contributed by atoms with van der Waals surface area (Å²) in [5.41, 5.74) is 6.08. The van der Waals surface area contributed by atoms with Crippen LogP contribution in [0.25, 0.3) is 89.7 Å². The van der Waals surface area contributed by atoms with E-state index in [1.165, 1.54) is 0 Å². The molecular weight excluding hydrogens is 675 g/mol. The van der Waals surface area contributed by atoms with Crippen molar-refractivity contribution in [3.8, 4) is 45.6 Å². The molecule has 0 atom stereocenters. The van der Waals surface area contributed by atoms with Crippen LogP contribution in [-0.2, 0) is 17.1 Å². The molecule has 0 amide bonds. The van der Waals surface area contributed by atoms with Crippen LogP contribution < -0.4 is 0 Å². The van der Waals surface area contributed by atoms with Crippen LogP contribution in [0.4, 0.5) is 0 Å². The summed E-state index contributed by atoms with van der Waals surface area (Å²) in [7, 11) is 0. The monoisotopic (exact) mass is 689 g/mol. The molecule has 3 aromatic heterocycles. The van der Waals surface area contributed by atoms with Gasteiger partial charge in [-0.1, -0.05) is 84.4 Å². The van der Waals surface area contributed by atoms with Crippen molar-refractivity contribution in [2.45, 2.75) is 0 Å². The van der Waals surface area contributed by atoms with Crippen LogP contribution in [0.2, 0.25) is 5.02 Å². The Morgan fingerprint density at radius 3 is 1.35 bits per heavy atom. The van der Waals surface area contributed by atoms with E-state index < -0.39 is 0 Å². The molecule has 8 bridgehead atoms. The Kier molecular flexibility index (Phi) is 5.96. The fraction of sp³-hybridized carbons (Fsp3) is 0. The van der Waals surface area contributed by atoms with E-state index >= 15 is 0 Å². The van der Waals surface area contributed by atoms with Crippen LogP contribution >= 0.6 is 27.5 Å². The van der Waals surface area contributed by atoms with Crippen molar-refractivity contribution in [3.63, 3.8) is 0 Å². The molecule has 2 N–H and O–H groups in total. The maximum atomic E-state index is 6.56. The number of aromatic nitrogens is 8. The second-order valence-corrected chi connectivity index (χ2v) is 11.2. The van der Waals surface area contributed by atoms with E-state index in [1.54, 1.807) is 0 Å². The summed E-state index contributed by atoms with van der Waals surface area (Å²) in [5.74, 6) is 2.22. The van der Waals surface area contributed by atoms with Crippen LogP contribution in [0.3, 0.4) is 0 Å². The van der Waals surface area contributed by atoms with Gasteiger partial charge in [0.2, 0.25) is 0 Å². The van der Waals surface area contributed by atoms with Gasteiger partial charge in [0.25, 0.3) is 0 Å². The Morgan fingerprint density at radius 1 is 0.465 bits per heavy atom. The molecule has 0 saturated heterocycles. The maximum Gasteiger partial charge on any atom is 0.164 e. The molecule has 2 aliphatic heterocycles. The first kappa shape index (κ1) is 26.2. The van der Waals surface area contributed by atoms with Crippen LogP contribution in [0, 0.1) is 0 Å². The zero-order chi connectivity index (χ0) is 27.9. The molecule has 0 spiro atoms. The summed E-state index contributed by atoms with van der Waals surface area (Å²) >= 11 is 10.2. The maximum absolute atomic E-state index is 6.56. The first-order valence-electron chi connectivity index (χ1n) is 13.2. The van der Waals surface area contributed by atoms with Crippen molar-refractivity contribution in [1.29, 1.82) is 0 Å². The minimum atomic E-state index is 0. The van der Waals surface area contributed by atoms with Gasteiger partial charge in [0.15, 0.2) is 23.3 Å². The summed E-state index contributed by atoms with van der Waals surface area (Å²) in [5, 5.41) is 4.09. The van der Waals surface area contributed by atoms with Crippen LogP contribution in [-0.4, -0.2) is 39.9 Å². The Hall–Kier alpha value is -4.47. The van der Waals surface area contributed by atoms with Crippen molar-refractivity contribution in [2.24, 2.45) is 0 Å². The number of hydrogen-bond acceptors (Lipinski definition) is 6. The van der Waals surface area contributed by atoms with Gasteiger partial charge in [-0.25, -0.2) is 29.9 Å². The average molecular weight is 691 g/mol. The smallest absolute Gasteiger partial charge is 0.164 e. The number of benzene rings is 4. The van der Waals surface area contributed by atoms with Gasteiger partial charge in [-0.05, 0) is 28.1 Å². The molecule has 1 radical (unpaired) electrons. The molecular formula is C32H16BrClCuN8. The van der Waals surface area contributed by atoms with Crippen molar-refractivity contribution in [3.05, 3.63) is 94.4 Å². The van der Waals surface area contributed by atoms with E-state index in [-0.39, 0.29) is 17.1 Å². The normalized spacial score (nSPS) is 11.8. The third-order valence-electron chi connectivity index (χ3n) is 7.61. The number of hydrogen-bond donors (Lipinski definition) is 2. The van der Waals surface area contributed by atoms with Crippen molar-refractivity contribution in [1.82, 2.24) is 39.9 Å². The van der Waals surface area contributed by atoms with E-state index in [9.17, 15) is 0 Å². The van der Waals surface area contributed by atoms with Crippen LogP contribution in [0.15, 0.2) is 89.4 Å². The average Bonchev–Trinajstić information content (AvgIpc) is 3.74. The molecule has 0 saturated carbocycles. The Balaban J connectivity index is 0.00000278. The molecule has 209 valence electrons. The van der Waals surface area contributed by atoms with Gasteiger partial charge < -0.3 is 9.97 Å². The fourth-order valence-electron chi connectivity index (χ4n) is 5.67. The third kappa shape index (κ3) is 3.95. The molecule has 4 aromatic carbocycles. The Morgan fingerprint density at radius 2 is 0.860 bits per heavy atom. The summed E-state index contributed by atoms with van der Waals surface area (Å²) in [4.78, 5) is 36.8. The van der Waals surface area contributed by atoms with Gasteiger partial charge in [0.05, 0.1) is 5.02 Å². The van der Waals surface area contributed by atoms with E-state index in [0.717, 1.165) is 48.3 Å². The summed E-state index contributed by atoms with van der Waals surface area (Å²) in [6, 6.07) is 27.7. The van der Waals surface area contributed by atoms with Gasteiger partial charge in [0.1, 0.15) is 22.6 Å². The fourth-order valence-corrected chi connectivity index (χ4v) is 6.36. The first-order chi connectivity index (χ1) is 20.6. The zero-order valence-electron chi connectivity index (χ0n) is 21.8. The van der Waals surface area contributed by atoms with Crippen LogP contribution in [0.1, 0.15) is 0 Å². The largest absolute Gasteiger partial charge is 0.324 e. The van der Waals surface area contributed by atoms with E-state index in [4.69, 9.17) is 41.5 Å². The molecule has 8 nitrogen and oxygen atoms in total. The number of nitrogens with one attached hydrogen (secondary N) is 2. The van der Waals surface area contributed by atoms with Gasteiger partial charge in [-0.15, -0.1) is 0 Å². The second kappa shape index (κ2) is 9.79. The number of nitrogens with zero attached hydrogens (tertiary/aromatic N) is 6.